The molecule has 0 fully saturated rings. The van der Waals surface area contributed by atoms with E-state index in [2.05, 4.69) is 10.1 Å². The van der Waals surface area contributed by atoms with Gasteiger partial charge < -0.3 is 4.52 Å². The maximum Gasteiger partial charge on any atom is 0.147 e. The number of nitrogens with zero attached hydrogens (tertiary/aromatic N) is 2. The lowest BCUT2D eigenvalue weighted by Gasteiger charge is -1.99. The topological polar surface area (TPSA) is 38.9 Å². The average molecular weight is 337 g/mol. The van der Waals surface area contributed by atoms with Gasteiger partial charge in [-0.3, -0.25) is 0 Å². The van der Waals surface area contributed by atoms with Crippen molar-refractivity contribution in [1.82, 2.24) is 10.1 Å². The summed E-state index contributed by atoms with van der Waals surface area (Å²) in [6, 6.07) is 13.0. The largest absolute Gasteiger partial charge is 0.360 e. The fourth-order valence-corrected chi connectivity index (χ4v) is 3.02. The number of benzene rings is 1. The Balaban J connectivity index is 1.74. The van der Waals surface area contributed by atoms with E-state index in [4.69, 9.17) is 27.7 Å². The summed E-state index contributed by atoms with van der Waals surface area (Å²) in [4.78, 5) is 4.25. The van der Waals surface area contributed by atoms with E-state index in [1.54, 1.807) is 30.1 Å². The van der Waals surface area contributed by atoms with Crippen LogP contribution in [0.5, 0.6) is 0 Å². The zero-order valence-corrected chi connectivity index (χ0v) is 13.1. The molecule has 0 aliphatic heterocycles. The van der Waals surface area contributed by atoms with Crippen LogP contribution in [0.1, 0.15) is 5.76 Å². The summed E-state index contributed by atoms with van der Waals surface area (Å²) in [6.45, 7) is 0. The minimum atomic E-state index is 0.555. The molecule has 0 saturated carbocycles. The Labute approximate surface area is 136 Å². The molecule has 0 aliphatic rings. The van der Waals surface area contributed by atoms with Crippen molar-refractivity contribution in [3.05, 3.63) is 64.5 Å². The third-order valence-electron chi connectivity index (χ3n) is 2.77. The van der Waals surface area contributed by atoms with E-state index in [1.807, 2.05) is 30.3 Å². The number of halogens is 2. The fourth-order valence-electron chi connectivity index (χ4n) is 1.78. The van der Waals surface area contributed by atoms with Crippen molar-refractivity contribution in [1.29, 1.82) is 0 Å². The summed E-state index contributed by atoms with van der Waals surface area (Å²) in [5.74, 6) is 1.43. The lowest BCUT2D eigenvalue weighted by Crippen LogP contribution is -1.80. The van der Waals surface area contributed by atoms with Crippen molar-refractivity contribution in [3.8, 4) is 11.3 Å². The van der Waals surface area contributed by atoms with Gasteiger partial charge in [-0.2, -0.15) is 0 Å². The van der Waals surface area contributed by atoms with E-state index >= 15 is 0 Å². The van der Waals surface area contributed by atoms with E-state index in [0.29, 0.717) is 21.5 Å². The quantitative estimate of drug-likeness (QED) is 0.603. The summed E-state index contributed by atoms with van der Waals surface area (Å²) in [5, 5.41) is 6.15. The standard InChI is InChI=1S/C15H10Cl2N2OS/c16-10-4-5-12(13(17)7-10)14-8-11(20-19-14)9-21-15-3-1-2-6-18-15/h1-8H,9H2. The van der Waals surface area contributed by atoms with E-state index in [9.17, 15) is 0 Å². The molecule has 3 rings (SSSR count). The summed E-state index contributed by atoms with van der Waals surface area (Å²) in [5.41, 5.74) is 1.51. The van der Waals surface area contributed by atoms with E-state index in [0.717, 1.165) is 16.3 Å². The summed E-state index contributed by atoms with van der Waals surface area (Å²) < 4.78 is 5.34. The van der Waals surface area contributed by atoms with Gasteiger partial charge in [0.15, 0.2) is 0 Å². The van der Waals surface area contributed by atoms with Crippen molar-refractivity contribution in [2.24, 2.45) is 0 Å². The normalized spacial score (nSPS) is 10.8. The van der Waals surface area contributed by atoms with E-state index in [-0.39, 0.29) is 0 Å². The van der Waals surface area contributed by atoms with Crippen molar-refractivity contribution in [2.75, 3.05) is 0 Å². The minimum absolute atomic E-state index is 0.555. The number of aromatic nitrogens is 2. The SMILES string of the molecule is Clc1ccc(-c2cc(CSc3ccccn3)on2)c(Cl)c1. The first-order valence-electron chi connectivity index (χ1n) is 6.17. The first kappa shape index (κ1) is 14.4. The summed E-state index contributed by atoms with van der Waals surface area (Å²) in [6.07, 6.45) is 1.77. The molecular weight excluding hydrogens is 327 g/mol. The van der Waals surface area contributed by atoms with Crippen LogP contribution in [0.4, 0.5) is 0 Å². The van der Waals surface area contributed by atoms with Crippen LogP contribution in [0.25, 0.3) is 11.3 Å². The fraction of sp³-hybridized carbons (Fsp3) is 0.0667. The van der Waals surface area contributed by atoms with E-state index in [1.165, 1.54) is 0 Å². The molecule has 21 heavy (non-hydrogen) atoms. The summed E-state index contributed by atoms with van der Waals surface area (Å²) in [7, 11) is 0. The van der Waals surface area contributed by atoms with Gasteiger partial charge in [-0.25, -0.2) is 4.98 Å². The number of pyridine rings is 1. The van der Waals surface area contributed by atoms with Gasteiger partial charge in [-0.05, 0) is 30.3 Å². The number of hydrogen-bond donors (Lipinski definition) is 0. The number of thioether (sulfide) groups is 1. The third kappa shape index (κ3) is 3.59. The van der Waals surface area contributed by atoms with Gasteiger partial charge in [0.1, 0.15) is 11.5 Å². The second kappa shape index (κ2) is 6.52. The monoisotopic (exact) mass is 336 g/mol. The van der Waals surface area contributed by atoms with Gasteiger partial charge >= 0.3 is 0 Å². The summed E-state index contributed by atoms with van der Waals surface area (Å²) >= 11 is 13.6. The molecule has 0 bridgehead atoms. The van der Waals surface area contributed by atoms with Crippen molar-refractivity contribution < 1.29 is 4.52 Å². The van der Waals surface area contributed by atoms with E-state index < -0.39 is 0 Å². The van der Waals surface area contributed by atoms with Crippen LogP contribution in [0.15, 0.2) is 58.2 Å². The van der Waals surface area contributed by atoms with Gasteiger partial charge in [-0.1, -0.05) is 46.2 Å². The molecule has 0 radical (unpaired) electrons. The van der Waals surface area contributed by atoms with Crippen LogP contribution < -0.4 is 0 Å². The maximum atomic E-state index is 6.16. The predicted octanol–water partition coefficient (Wildman–Crippen LogP) is 5.34. The molecule has 6 heteroatoms. The molecule has 2 heterocycles. The van der Waals surface area contributed by atoms with Crippen LogP contribution >= 0.6 is 35.0 Å². The Morgan fingerprint density at radius 1 is 1.10 bits per heavy atom. The van der Waals surface area contributed by atoms with Crippen molar-refractivity contribution >= 4 is 35.0 Å². The molecule has 0 saturated heterocycles. The Morgan fingerprint density at radius 2 is 2.00 bits per heavy atom. The van der Waals surface area contributed by atoms with Crippen LogP contribution in [-0.2, 0) is 5.75 Å². The van der Waals surface area contributed by atoms with Gasteiger partial charge in [0.25, 0.3) is 0 Å². The Bertz CT molecular complexity index is 746. The van der Waals surface area contributed by atoms with Gasteiger partial charge in [0, 0.05) is 22.8 Å². The Morgan fingerprint density at radius 3 is 2.76 bits per heavy atom. The Kier molecular flexibility index (Phi) is 4.48. The van der Waals surface area contributed by atoms with Gasteiger partial charge in [0.2, 0.25) is 0 Å². The van der Waals surface area contributed by atoms with Crippen LogP contribution in [0, 0.1) is 0 Å². The minimum Gasteiger partial charge on any atom is -0.360 e. The average Bonchev–Trinajstić information content (AvgIpc) is 2.95. The molecule has 106 valence electrons. The smallest absolute Gasteiger partial charge is 0.147 e. The second-order valence-electron chi connectivity index (χ2n) is 4.26. The first-order valence-corrected chi connectivity index (χ1v) is 7.91. The van der Waals surface area contributed by atoms with Crippen LogP contribution in [0.2, 0.25) is 10.0 Å². The molecule has 2 aromatic heterocycles. The zero-order chi connectivity index (χ0) is 14.7. The molecular formula is C15H10Cl2N2OS. The lowest BCUT2D eigenvalue weighted by atomic mass is 10.1. The number of rotatable bonds is 4. The second-order valence-corrected chi connectivity index (χ2v) is 6.10. The molecule has 0 atom stereocenters. The van der Waals surface area contributed by atoms with Gasteiger partial charge in [-0.15, -0.1) is 0 Å². The highest BCUT2D eigenvalue weighted by atomic mass is 35.5. The zero-order valence-electron chi connectivity index (χ0n) is 10.8. The molecule has 0 aliphatic carbocycles. The highest BCUT2D eigenvalue weighted by Crippen LogP contribution is 2.31. The van der Waals surface area contributed by atoms with Crippen molar-refractivity contribution in [2.45, 2.75) is 10.8 Å². The molecule has 3 nitrogen and oxygen atoms in total. The third-order valence-corrected chi connectivity index (χ3v) is 4.28. The predicted molar refractivity (Wildman–Crippen MR) is 85.8 cm³/mol. The highest BCUT2D eigenvalue weighted by molar-refractivity contribution is 7.98. The first-order chi connectivity index (χ1) is 10.2. The molecule has 0 spiro atoms. The van der Waals surface area contributed by atoms with Crippen molar-refractivity contribution in [3.63, 3.8) is 0 Å². The highest BCUT2D eigenvalue weighted by Gasteiger charge is 2.11. The van der Waals surface area contributed by atoms with Gasteiger partial charge in [0.05, 0.1) is 15.8 Å². The lowest BCUT2D eigenvalue weighted by molar-refractivity contribution is 0.397. The maximum absolute atomic E-state index is 6.16. The molecule has 0 N–H and O–H groups in total. The van der Waals surface area contributed by atoms with Crippen LogP contribution in [-0.4, -0.2) is 10.1 Å². The van der Waals surface area contributed by atoms with Crippen LogP contribution in [0.3, 0.4) is 0 Å². The molecule has 3 aromatic rings. The Hall–Kier alpha value is -1.49. The molecule has 1 aromatic carbocycles. The number of hydrogen-bond acceptors (Lipinski definition) is 4. The molecule has 0 amide bonds. The molecule has 0 unspecified atom stereocenters.